The standard InChI is InChI=1S/C14H14FN5O2/c1-8-12(7-17-18-14(22)13(16)21)9(2)20(19-8)11-5-3-10(15)4-6-11/h3-7H,1-2H3,(H2,16,21)(H,18,22)/b17-7-. The second-order valence-corrected chi connectivity index (χ2v) is 4.54. The van der Waals surface area contributed by atoms with E-state index in [0.717, 1.165) is 5.69 Å². The van der Waals surface area contributed by atoms with Gasteiger partial charge in [0.1, 0.15) is 5.82 Å². The van der Waals surface area contributed by atoms with Crippen LogP contribution in [0.25, 0.3) is 5.69 Å². The van der Waals surface area contributed by atoms with Crippen molar-refractivity contribution >= 4 is 18.0 Å². The fourth-order valence-electron chi connectivity index (χ4n) is 1.89. The van der Waals surface area contributed by atoms with E-state index in [1.807, 2.05) is 5.43 Å². The quantitative estimate of drug-likeness (QED) is 0.492. The van der Waals surface area contributed by atoms with Crippen LogP contribution in [0.3, 0.4) is 0 Å². The molecule has 0 saturated heterocycles. The molecule has 0 atom stereocenters. The Morgan fingerprint density at radius 1 is 1.32 bits per heavy atom. The number of carbonyl (C=O) groups excluding carboxylic acids is 2. The van der Waals surface area contributed by atoms with Crippen molar-refractivity contribution in [3.8, 4) is 5.69 Å². The second-order valence-electron chi connectivity index (χ2n) is 4.54. The molecule has 0 bridgehead atoms. The fourth-order valence-corrected chi connectivity index (χ4v) is 1.89. The van der Waals surface area contributed by atoms with Crippen molar-refractivity contribution in [2.45, 2.75) is 13.8 Å². The largest absolute Gasteiger partial charge is 0.361 e. The number of nitrogens with two attached hydrogens (primary N) is 1. The molecule has 0 aliphatic heterocycles. The number of nitrogens with one attached hydrogen (secondary N) is 1. The van der Waals surface area contributed by atoms with Crippen molar-refractivity contribution in [2.75, 3.05) is 0 Å². The van der Waals surface area contributed by atoms with Gasteiger partial charge in [-0.3, -0.25) is 9.59 Å². The number of aryl methyl sites for hydroxylation is 1. The number of hydrogen-bond acceptors (Lipinski definition) is 4. The maximum Gasteiger partial charge on any atom is 0.329 e. The molecule has 0 saturated carbocycles. The van der Waals surface area contributed by atoms with Crippen LogP contribution in [0.2, 0.25) is 0 Å². The van der Waals surface area contributed by atoms with E-state index in [-0.39, 0.29) is 5.82 Å². The predicted octanol–water partition coefficient (Wildman–Crippen LogP) is 0.564. The lowest BCUT2D eigenvalue weighted by Gasteiger charge is -2.04. The first-order valence-corrected chi connectivity index (χ1v) is 6.35. The van der Waals surface area contributed by atoms with E-state index in [2.05, 4.69) is 10.2 Å². The molecular weight excluding hydrogens is 289 g/mol. The molecule has 0 aliphatic rings. The average Bonchev–Trinajstić information content (AvgIpc) is 2.75. The number of rotatable bonds is 3. The van der Waals surface area contributed by atoms with Crippen LogP contribution < -0.4 is 11.2 Å². The third-order valence-electron chi connectivity index (χ3n) is 3.00. The smallest absolute Gasteiger partial charge is 0.329 e. The highest BCUT2D eigenvalue weighted by Gasteiger charge is 2.12. The number of primary amides is 1. The summed E-state index contributed by atoms with van der Waals surface area (Å²) in [6, 6.07) is 5.88. The van der Waals surface area contributed by atoms with Crippen LogP contribution in [0.5, 0.6) is 0 Å². The first-order chi connectivity index (χ1) is 10.4. The van der Waals surface area contributed by atoms with E-state index in [0.29, 0.717) is 16.9 Å². The molecule has 0 unspecified atom stereocenters. The highest BCUT2D eigenvalue weighted by Crippen LogP contribution is 2.16. The van der Waals surface area contributed by atoms with Crippen molar-refractivity contribution in [2.24, 2.45) is 10.8 Å². The Morgan fingerprint density at radius 2 is 1.95 bits per heavy atom. The van der Waals surface area contributed by atoms with Gasteiger partial charge in [0.15, 0.2) is 0 Å². The Labute approximate surface area is 125 Å². The monoisotopic (exact) mass is 303 g/mol. The number of halogens is 1. The molecule has 8 heteroatoms. The Hall–Kier alpha value is -3.03. The van der Waals surface area contributed by atoms with Crippen molar-refractivity contribution in [1.82, 2.24) is 15.2 Å². The molecule has 1 heterocycles. The molecule has 3 N–H and O–H groups in total. The summed E-state index contributed by atoms with van der Waals surface area (Å²) in [4.78, 5) is 21.6. The van der Waals surface area contributed by atoms with Gasteiger partial charge in [0, 0.05) is 5.56 Å². The molecule has 2 rings (SSSR count). The SMILES string of the molecule is Cc1nn(-c2ccc(F)cc2)c(C)c1/C=N\NC(=O)C(N)=O. The molecule has 0 aliphatic carbocycles. The van der Waals surface area contributed by atoms with Crippen molar-refractivity contribution in [1.29, 1.82) is 0 Å². The van der Waals surface area contributed by atoms with Gasteiger partial charge in [0.2, 0.25) is 0 Å². The molecule has 0 radical (unpaired) electrons. The Bertz CT molecular complexity index is 749. The summed E-state index contributed by atoms with van der Waals surface area (Å²) in [5.74, 6) is -2.45. The topological polar surface area (TPSA) is 102 Å². The molecule has 2 amide bonds. The van der Waals surface area contributed by atoms with Gasteiger partial charge in [-0.25, -0.2) is 14.5 Å². The Balaban J connectivity index is 2.27. The third kappa shape index (κ3) is 3.17. The summed E-state index contributed by atoms with van der Waals surface area (Å²) >= 11 is 0. The van der Waals surface area contributed by atoms with Gasteiger partial charge < -0.3 is 5.73 Å². The van der Waals surface area contributed by atoms with Crippen LogP contribution >= 0.6 is 0 Å². The molecule has 7 nitrogen and oxygen atoms in total. The van der Waals surface area contributed by atoms with E-state index in [1.54, 1.807) is 30.7 Å². The molecule has 1 aromatic heterocycles. The summed E-state index contributed by atoms with van der Waals surface area (Å²) in [6.07, 6.45) is 1.37. The van der Waals surface area contributed by atoms with Crippen molar-refractivity contribution in [3.05, 3.63) is 47.0 Å². The average molecular weight is 303 g/mol. The van der Waals surface area contributed by atoms with Crippen molar-refractivity contribution in [3.63, 3.8) is 0 Å². The molecule has 1 aromatic carbocycles. The maximum atomic E-state index is 13.0. The molecule has 0 spiro atoms. The van der Waals surface area contributed by atoms with E-state index in [9.17, 15) is 14.0 Å². The van der Waals surface area contributed by atoms with Crippen LogP contribution in [0.1, 0.15) is 17.0 Å². The number of hydrogen-bond donors (Lipinski definition) is 2. The zero-order chi connectivity index (χ0) is 16.3. The molecule has 0 fully saturated rings. The minimum absolute atomic E-state index is 0.332. The lowest BCUT2D eigenvalue weighted by Crippen LogP contribution is -2.32. The van der Waals surface area contributed by atoms with Crippen LogP contribution in [-0.4, -0.2) is 27.8 Å². The van der Waals surface area contributed by atoms with Crippen LogP contribution in [0.4, 0.5) is 4.39 Å². The first kappa shape index (κ1) is 15.4. The van der Waals surface area contributed by atoms with Gasteiger partial charge in [0.05, 0.1) is 23.3 Å². The van der Waals surface area contributed by atoms with Crippen LogP contribution in [0, 0.1) is 19.7 Å². The number of hydrazone groups is 1. The van der Waals surface area contributed by atoms with Crippen molar-refractivity contribution < 1.29 is 14.0 Å². The lowest BCUT2D eigenvalue weighted by atomic mass is 10.2. The number of nitrogens with zero attached hydrogens (tertiary/aromatic N) is 3. The number of aromatic nitrogens is 2. The minimum Gasteiger partial charge on any atom is -0.361 e. The summed E-state index contributed by atoms with van der Waals surface area (Å²) in [5, 5.41) is 8.01. The third-order valence-corrected chi connectivity index (χ3v) is 3.00. The van der Waals surface area contributed by atoms with Gasteiger partial charge >= 0.3 is 11.8 Å². The zero-order valence-corrected chi connectivity index (χ0v) is 12.0. The van der Waals surface area contributed by atoms with E-state index >= 15 is 0 Å². The minimum atomic E-state index is -1.12. The first-order valence-electron chi connectivity index (χ1n) is 6.35. The molecule has 2 aromatic rings. The lowest BCUT2D eigenvalue weighted by molar-refractivity contribution is -0.137. The van der Waals surface area contributed by atoms with E-state index in [4.69, 9.17) is 5.73 Å². The van der Waals surface area contributed by atoms with E-state index < -0.39 is 11.8 Å². The van der Waals surface area contributed by atoms with Crippen LogP contribution in [0.15, 0.2) is 29.4 Å². The number of benzene rings is 1. The molecule has 22 heavy (non-hydrogen) atoms. The second kappa shape index (κ2) is 6.17. The van der Waals surface area contributed by atoms with Gasteiger partial charge in [-0.1, -0.05) is 0 Å². The van der Waals surface area contributed by atoms with Gasteiger partial charge in [-0.15, -0.1) is 0 Å². The Morgan fingerprint density at radius 3 is 2.55 bits per heavy atom. The van der Waals surface area contributed by atoms with E-state index in [1.165, 1.54) is 18.3 Å². The predicted molar refractivity (Wildman–Crippen MR) is 77.9 cm³/mol. The zero-order valence-electron chi connectivity index (χ0n) is 12.0. The maximum absolute atomic E-state index is 13.0. The molecule has 114 valence electrons. The normalized spacial score (nSPS) is 10.9. The highest BCUT2D eigenvalue weighted by atomic mass is 19.1. The molecular formula is C14H14FN5O2. The summed E-state index contributed by atoms with van der Waals surface area (Å²) in [5.41, 5.74) is 9.60. The number of carbonyl (C=O) groups is 2. The summed E-state index contributed by atoms with van der Waals surface area (Å²) in [7, 11) is 0. The van der Waals surface area contributed by atoms with Gasteiger partial charge in [0.25, 0.3) is 0 Å². The van der Waals surface area contributed by atoms with Gasteiger partial charge in [-0.2, -0.15) is 10.2 Å². The summed E-state index contributed by atoms with van der Waals surface area (Å²) < 4.78 is 14.6. The Kier molecular flexibility index (Phi) is 4.31. The number of amides is 2. The highest BCUT2D eigenvalue weighted by molar-refractivity contribution is 6.34. The summed E-state index contributed by atoms with van der Waals surface area (Å²) in [6.45, 7) is 3.57. The fraction of sp³-hybridized carbons (Fsp3) is 0.143. The van der Waals surface area contributed by atoms with Crippen LogP contribution in [-0.2, 0) is 9.59 Å². The van der Waals surface area contributed by atoms with Gasteiger partial charge in [-0.05, 0) is 38.1 Å².